The van der Waals surface area contributed by atoms with Crippen LogP contribution in [0.5, 0.6) is 5.75 Å². The molecule has 0 aromatic heterocycles. The van der Waals surface area contributed by atoms with Crippen molar-refractivity contribution < 1.29 is 9.53 Å². The molecule has 0 heterocycles. The number of amides is 1. The Labute approximate surface area is 124 Å². The van der Waals surface area contributed by atoms with Crippen LogP contribution in [-0.2, 0) is 4.79 Å². The van der Waals surface area contributed by atoms with Crippen LogP contribution in [-0.4, -0.2) is 12.5 Å². The number of aryl methyl sites for hydroxylation is 1. The number of carbonyl (C=O) groups excluding carboxylic acids is 1. The van der Waals surface area contributed by atoms with Crippen LogP contribution in [0, 0.1) is 6.92 Å². The zero-order valence-corrected chi connectivity index (χ0v) is 12.3. The minimum Gasteiger partial charge on any atom is -0.494 e. The summed E-state index contributed by atoms with van der Waals surface area (Å²) in [6.07, 6.45) is 0. The Morgan fingerprint density at radius 1 is 1.24 bits per heavy atom. The molecule has 0 radical (unpaired) electrons. The lowest BCUT2D eigenvalue weighted by molar-refractivity contribution is -0.118. The maximum absolute atomic E-state index is 11.8. The molecule has 2 aromatic rings. The van der Waals surface area contributed by atoms with Crippen molar-refractivity contribution in [3.8, 4) is 5.75 Å². The van der Waals surface area contributed by atoms with E-state index >= 15 is 0 Å². The molecule has 0 aliphatic carbocycles. The van der Waals surface area contributed by atoms with Crippen molar-refractivity contribution in [1.29, 1.82) is 0 Å². The average Bonchev–Trinajstić information content (AvgIpc) is 2.46. The minimum absolute atomic E-state index is 0.441. The first-order chi connectivity index (χ1) is 10.1. The number of hydrogen-bond acceptors (Lipinski definition) is 3. The molecule has 0 aliphatic rings. The third kappa shape index (κ3) is 3.75. The summed E-state index contributed by atoms with van der Waals surface area (Å²) in [4.78, 5) is 11.8. The van der Waals surface area contributed by atoms with Gasteiger partial charge in [-0.05, 0) is 37.6 Å². The molecule has 0 bridgehead atoms. The van der Waals surface area contributed by atoms with Crippen LogP contribution in [0.2, 0.25) is 0 Å². The molecule has 1 unspecified atom stereocenters. The summed E-state index contributed by atoms with van der Waals surface area (Å²) in [5, 5.41) is 3.18. The number of benzene rings is 2. The summed E-state index contributed by atoms with van der Waals surface area (Å²) < 4.78 is 5.58. The predicted molar refractivity (Wildman–Crippen MR) is 84.3 cm³/mol. The molecule has 0 saturated heterocycles. The topological polar surface area (TPSA) is 64.3 Å². The smallest absolute Gasteiger partial charge is 0.244 e. The van der Waals surface area contributed by atoms with Crippen LogP contribution in [0.15, 0.2) is 48.5 Å². The van der Waals surface area contributed by atoms with Crippen molar-refractivity contribution in [1.82, 2.24) is 0 Å². The molecule has 4 heteroatoms. The number of nitrogens with two attached hydrogens (primary N) is 1. The van der Waals surface area contributed by atoms with Crippen LogP contribution < -0.4 is 15.8 Å². The van der Waals surface area contributed by atoms with Gasteiger partial charge in [0.05, 0.1) is 6.61 Å². The molecule has 3 N–H and O–H groups in total. The monoisotopic (exact) mass is 284 g/mol. The van der Waals surface area contributed by atoms with Crippen molar-refractivity contribution in [2.75, 3.05) is 11.9 Å². The number of para-hydroxylation sites is 1. The Hall–Kier alpha value is -2.49. The fraction of sp³-hybridized carbons (Fsp3) is 0.235. The maximum Gasteiger partial charge on any atom is 0.244 e. The Bertz CT molecular complexity index is 626. The van der Waals surface area contributed by atoms with Gasteiger partial charge in [-0.3, -0.25) is 4.79 Å². The summed E-state index contributed by atoms with van der Waals surface area (Å²) >= 11 is 0. The quantitative estimate of drug-likeness (QED) is 0.857. The summed E-state index contributed by atoms with van der Waals surface area (Å²) in [6.45, 7) is 4.44. The molecule has 2 rings (SSSR count). The van der Waals surface area contributed by atoms with E-state index in [4.69, 9.17) is 10.5 Å². The number of hydrogen-bond donors (Lipinski definition) is 2. The van der Waals surface area contributed by atoms with Gasteiger partial charge >= 0.3 is 0 Å². The first-order valence-corrected chi connectivity index (χ1v) is 6.96. The molecule has 0 fully saturated rings. The largest absolute Gasteiger partial charge is 0.494 e. The van der Waals surface area contributed by atoms with Gasteiger partial charge < -0.3 is 15.8 Å². The Kier molecular flexibility index (Phi) is 4.82. The molecule has 2 aromatic carbocycles. The van der Waals surface area contributed by atoms with Crippen molar-refractivity contribution in [3.63, 3.8) is 0 Å². The lowest BCUT2D eigenvalue weighted by Crippen LogP contribution is -2.28. The molecule has 110 valence electrons. The van der Waals surface area contributed by atoms with Gasteiger partial charge in [0, 0.05) is 11.3 Å². The normalized spacial score (nSPS) is 11.7. The van der Waals surface area contributed by atoms with Gasteiger partial charge in [0.2, 0.25) is 5.91 Å². The number of anilines is 1. The van der Waals surface area contributed by atoms with Crippen molar-refractivity contribution in [2.45, 2.75) is 19.9 Å². The minimum atomic E-state index is -0.630. The van der Waals surface area contributed by atoms with E-state index in [0.717, 1.165) is 16.8 Å². The van der Waals surface area contributed by atoms with E-state index in [2.05, 4.69) is 5.32 Å². The molecule has 0 spiro atoms. The van der Waals surface area contributed by atoms with Crippen LogP contribution in [0.4, 0.5) is 5.69 Å². The number of primary amides is 1. The Morgan fingerprint density at radius 3 is 2.67 bits per heavy atom. The van der Waals surface area contributed by atoms with Crippen LogP contribution in [0.1, 0.15) is 24.1 Å². The molecular weight excluding hydrogens is 264 g/mol. The summed E-state index contributed by atoms with van der Waals surface area (Å²) in [7, 11) is 0. The number of rotatable bonds is 6. The lowest BCUT2D eigenvalue weighted by atomic mass is 10.0. The highest BCUT2D eigenvalue weighted by Gasteiger charge is 2.21. The molecule has 21 heavy (non-hydrogen) atoms. The van der Waals surface area contributed by atoms with E-state index in [0.29, 0.717) is 12.4 Å². The maximum atomic E-state index is 11.8. The second kappa shape index (κ2) is 6.79. The molecule has 4 nitrogen and oxygen atoms in total. The van der Waals surface area contributed by atoms with E-state index in [9.17, 15) is 4.79 Å². The number of ether oxygens (including phenoxy) is 1. The van der Waals surface area contributed by atoms with Gasteiger partial charge in [-0.15, -0.1) is 0 Å². The standard InChI is InChI=1S/C17H20N2O2/c1-3-21-15-10-5-4-9-14(15)16(17(18)20)19-13-8-6-7-12(2)11-13/h4-11,16,19H,3H2,1-2H3,(H2,18,20). The SMILES string of the molecule is CCOc1ccccc1C(Nc1cccc(C)c1)C(N)=O. The van der Waals surface area contributed by atoms with E-state index < -0.39 is 11.9 Å². The predicted octanol–water partition coefficient (Wildman–Crippen LogP) is 3.03. The highest BCUT2D eigenvalue weighted by molar-refractivity contribution is 5.85. The zero-order chi connectivity index (χ0) is 15.2. The number of nitrogens with one attached hydrogen (secondary N) is 1. The fourth-order valence-electron chi connectivity index (χ4n) is 2.21. The van der Waals surface area contributed by atoms with Crippen molar-refractivity contribution in [2.24, 2.45) is 5.73 Å². The Balaban J connectivity index is 2.33. The zero-order valence-electron chi connectivity index (χ0n) is 12.3. The molecular formula is C17H20N2O2. The second-order valence-electron chi connectivity index (χ2n) is 4.82. The second-order valence-corrected chi connectivity index (χ2v) is 4.82. The molecule has 0 saturated carbocycles. The van der Waals surface area contributed by atoms with E-state index in [1.165, 1.54) is 0 Å². The third-order valence-corrected chi connectivity index (χ3v) is 3.14. The van der Waals surface area contributed by atoms with Crippen LogP contribution in [0.25, 0.3) is 0 Å². The molecule has 1 atom stereocenters. The molecule has 0 aliphatic heterocycles. The van der Waals surface area contributed by atoms with Gasteiger partial charge in [-0.25, -0.2) is 0 Å². The van der Waals surface area contributed by atoms with Crippen molar-refractivity contribution in [3.05, 3.63) is 59.7 Å². The Morgan fingerprint density at radius 2 is 2.00 bits per heavy atom. The van der Waals surface area contributed by atoms with Crippen LogP contribution in [0.3, 0.4) is 0 Å². The van der Waals surface area contributed by atoms with E-state index in [1.54, 1.807) is 0 Å². The fourth-order valence-corrected chi connectivity index (χ4v) is 2.21. The summed E-state index contributed by atoms with van der Waals surface area (Å²) in [6, 6.07) is 14.6. The summed E-state index contributed by atoms with van der Waals surface area (Å²) in [5.74, 6) is 0.229. The molecule has 1 amide bonds. The lowest BCUT2D eigenvalue weighted by Gasteiger charge is -2.20. The van der Waals surface area contributed by atoms with Gasteiger partial charge in [0.1, 0.15) is 11.8 Å². The first kappa shape index (κ1) is 14.9. The van der Waals surface area contributed by atoms with Gasteiger partial charge in [0.15, 0.2) is 0 Å². The van der Waals surface area contributed by atoms with Crippen LogP contribution >= 0.6 is 0 Å². The van der Waals surface area contributed by atoms with Gasteiger partial charge in [-0.1, -0.05) is 30.3 Å². The number of carbonyl (C=O) groups is 1. The average molecular weight is 284 g/mol. The van der Waals surface area contributed by atoms with E-state index in [-0.39, 0.29) is 0 Å². The first-order valence-electron chi connectivity index (χ1n) is 6.96. The van der Waals surface area contributed by atoms with Gasteiger partial charge in [-0.2, -0.15) is 0 Å². The van der Waals surface area contributed by atoms with Crippen molar-refractivity contribution >= 4 is 11.6 Å². The highest BCUT2D eigenvalue weighted by atomic mass is 16.5. The highest BCUT2D eigenvalue weighted by Crippen LogP contribution is 2.28. The van der Waals surface area contributed by atoms with Gasteiger partial charge in [0.25, 0.3) is 0 Å². The van der Waals surface area contributed by atoms with E-state index in [1.807, 2.05) is 62.4 Å². The summed E-state index contributed by atoms with van der Waals surface area (Å²) in [5.41, 5.74) is 8.27. The third-order valence-electron chi connectivity index (χ3n) is 3.14.